The number of piperidine rings is 1. The number of nitrogens with zero attached hydrogens (tertiary/aromatic N) is 2. The topological polar surface area (TPSA) is 83.7 Å². The van der Waals surface area contributed by atoms with Crippen LogP contribution in [-0.4, -0.2) is 29.1 Å². The zero-order valence-electron chi connectivity index (χ0n) is 11.3. The van der Waals surface area contributed by atoms with E-state index in [9.17, 15) is 28.1 Å². The average molecular weight is 318 g/mol. The molecule has 1 unspecified atom stereocenters. The van der Waals surface area contributed by atoms with E-state index in [1.54, 1.807) is 0 Å². The number of rotatable bonds is 3. The lowest BCUT2D eigenvalue weighted by Gasteiger charge is -2.34. The van der Waals surface area contributed by atoms with E-state index < -0.39 is 34.2 Å². The van der Waals surface area contributed by atoms with Gasteiger partial charge in [0.2, 0.25) is 0 Å². The first-order valence-electron chi connectivity index (χ1n) is 6.53. The highest BCUT2D eigenvalue weighted by atomic mass is 19.4. The van der Waals surface area contributed by atoms with Gasteiger partial charge < -0.3 is 10.0 Å². The molecule has 1 aliphatic rings. The van der Waals surface area contributed by atoms with Crippen LogP contribution in [0.5, 0.6) is 0 Å². The summed E-state index contributed by atoms with van der Waals surface area (Å²) in [4.78, 5) is 22.1. The molecular formula is C13H13F3N2O4. The van der Waals surface area contributed by atoms with Gasteiger partial charge in [0, 0.05) is 30.9 Å². The monoisotopic (exact) mass is 318 g/mol. The molecule has 1 saturated heterocycles. The zero-order valence-corrected chi connectivity index (χ0v) is 11.3. The van der Waals surface area contributed by atoms with Gasteiger partial charge in [-0.15, -0.1) is 0 Å². The second kappa shape index (κ2) is 5.82. The third kappa shape index (κ3) is 3.29. The predicted molar refractivity (Wildman–Crippen MR) is 70.7 cm³/mol. The van der Waals surface area contributed by atoms with Crippen molar-refractivity contribution in [1.82, 2.24) is 0 Å². The molecule has 1 fully saturated rings. The number of anilines is 1. The lowest BCUT2D eigenvalue weighted by atomic mass is 9.97. The molecular weight excluding hydrogens is 305 g/mol. The molecule has 1 atom stereocenters. The summed E-state index contributed by atoms with van der Waals surface area (Å²) < 4.78 is 39.4. The van der Waals surface area contributed by atoms with Crippen LogP contribution in [0.4, 0.5) is 24.5 Å². The SMILES string of the molecule is O=C(O)C1CCCN(c2ccc([N+](=O)[O-])cc2C(F)(F)F)C1. The van der Waals surface area contributed by atoms with Crippen LogP contribution in [0, 0.1) is 16.0 Å². The molecule has 0 aromatic heterocycles. The number of benzene rings is 1. The molecule has 22 heavy (non-hydrogen) atoms. The van der Waals surface area contributed by atoms with Crippen molar-refractivity contribution in [2.75, 3.05) is 18.0 Å². The number of carbonyl (C=O) groups is 1. The minimum atomic E-state index is -4.75. The van der Waals surface area contributed by atoms with Crippen molar-refractivity contribution in [3.8, 4) is 0 Å². The Balaban J connectivity index is 2.41. The zero-order chi connectivity index (χ0) is 16.5. The molecule has 1 heterocycles. The summed E-state index contributed by atoms with van der Waals surface area (Å²) in [6, 6.07) is 2.51. The average Bonchev–Trinajstić information content (AvgIpc) is 2.45. The number of carboxylic acid groups (broad SMARTS) is 1. The molecule has 1 aromatic carbocycles. The Morgan fingerprint density at radius 3 is 2.64 bits per heavy atom. The van der Waals surface area contributed by atoms with Crippen molar-refractivity contribution in [1.29, 1.82) is 0 Å². The predicted octanol–water partition coefficient (Wildman–Crippen LogP) is 2.91. The second-order valence-electron chi connectivity index (χ2n) is 5.08. The van der Waals surface area contributed by atoms with E-state index in [0.29, 0.717) is 18.9 Å². The minimum Gasteiger partial charge on any atom is -0.481 e. The quantitative estimate of drug-likeness (QED) is 0.684. The fourth-order valence-corrected chi connectivity index (χ4v) is 2.54. The van der Waals surface area contributed by atoms with Gasteiger partial charge in [0.05, 0.1) is 16.4 Å². The third-order valence-corrected chi connectivity index (χ3v) is 3.61. The standard InChI is InChI=1S/C13H13F3N2O4/c14-13(15,16)10-6-9(18(21)22)3-4-11(10)17-5-1-2-8(7-17)12(19)20/h3-4,6,8H,1-2,5,7H2,(H,19,20). The smallest absolute Gasteiger partial charge is 0.418 e. The molecule has 1 aromatic rings. The maximum atomic E-state index is 13.1. The minimum absolute atomic E-state index is 0.0454. The fraction of sp³-hybridized carbons (Fsp3) is 0.462. The molecule has 0 amide bonds. The number of carboxylic acids is 1. The molecule has 0 bridgehead atoms. The lowest BCUT2D eigenvalue weighted by molar-refractivity contribution is -0.385. The van der Waals surface area contributed by atoms with Gasteiger partial charge >= 0.3 is 12.1 Å². The summed E-state index contributed by atoms with van der Waals surface area (Å²) in [5.41, 5.74) is -1.99. The number of alkyl halides is 3. The van der Waals surface area contributed by atoms with Crippen LogP contribution in [0.15, 0.2) is 18.2 Å². The van der Waals surface area contributed by atoms with Crippen molar-refractivity contribution in [3.63, 3.8) is 0 Å². The molecule has 2 rings (SSSR count). The van der Waals surface area contributed by atoms with Gasteiger partial charge in [-0.05, 0) is 18.9 Å². The molecule has 0 spiro atoms. The van der Waals surface area contributed by atoms with E-state index >= 15 is 0 Å². The number of hydrogen-bond donors (Lipinski definition) is 1. The molecule has 0 radical (unpaired) electrons. The maximum absolute atomic E-state index is 13.1. The molecule has 6 nitrogen and oxygen atoms in total. The highest BCUT2D eigenvalue weighted by Gasteiger charge is 2.38. The fourth-order valence-electron chi connectivity index (χ4n) is 2.54. The number of non-ortho nitro benzene ring substituents is 1. The van der Waals surface area contributed by atoms with Crippen molar-refractivity contribution in [3.05, 3.63) is 33.9 Å². The first-order valence-corrected chi connectivity index (χ1v) is 6.53. The Bertz CT molecular complexity index is 603. The van der Waals surface area contributed by atoms with Gasteiger partial charge in [-0.1, -0.05) is 0 Å². The second-order valence-corrected chi connectivity index (χ2v) is 5.08. The van der Waals surface area contributed by atoms with Gasteiger partial charge in [-0.25, -0.2) is 0 Å². The Kier molecular flexibility index (Phi) is 4.25. The molecule has 120 valence electrons. The van der Waals surface area contributed by atoms with Crippen LogP contribution in [0.1, 0.15) is 18.4 Å². The summed E-state index contributed by atoms with van der Waals surface area (Å²) in [7, 11) is 0. The Hall–Kier alpha value is -2.32. The van der Waals surface area contributed by atoms with E-state index in [1.807, 2.05) is 0 Å². The Morgan fingerprint density at radius 2 is 2.09 bits per heavy atom. The molecule has 1 aliphatic heterocycles. The summed E-state index contributed by atoms with van der Waals surface area (Å²) in [6.45, 7) is 0.237. The van der Waals surface area contributed by atoms with E-state index in [4.69, 9.17) is 5.11 Å². The van der Waals surface area contributed by atoms with Gasteiger partial charge in [0.25, 0.3) is 5.69 Å². The van der Waals surface area contributed by atoms with Gasteiger partial charge in [-0.3, -0.25) is 14.9 Å². The van der Waals surface area contributed by atoms with Crippen LogP contribution in [-0.2, 0) is 11.0 Å². The van der Waals surface area contributed by atoms with Gasteiger partial charge in [0.1, 0.15) is 0 Å². The van der Waals surface area contributed by atoms with Crippen LogP contribution < -0.4 is 4.90 Å². The van der Waals surface area contributed by atoms with Gasteiger partial charge in [-0.2, -0.15) is 13.2 Å². The van der Waals surface area contributed by atoms with Gasteiger partial charge in [0.15, 0.2) is 0 Å². The summed E-state index contributed by atoms with van der Waals surface area (Å²) in [5, 5.41) is 19.7. The number of nitro benzene ring substituents is 1. The van der Waals surface area contributed by atoms with Crippen molar-refractivity contribution in [2.24, 2.45) is 5.92 Å². The van der Waals surface area contributed by atoms with E-state index in [1.165, 1.54) is 4.90 Å². The number of nitro groups is 1. The molecule has 0 saturated carbocycles. The molecule has 1 N–H and O–H groups in total. The maximum Gasteiger partial charge on any atom is 0.418 e. The van der Waals surface area contributed by atoms with Crippen molar-refractivity contribution in [2.45, 2.75) is 19.0 Å². The van der Waals surface area contributed by atoms with Crippen LogP contribution in [0.3, 0.4) is 0 Å². The third-order valence-electron chi connectivity index (χ3n) is 3.61. The summed E-state index contributed by atoms with van der Waals surface area (Å²) >= 11 is 0. The van der Waals surface area contributed by atoms with E-state index in [0.717, 1.165) is 12.1 Å². The summed E-state index contributed by atoms with van der Waals surface area (Å²) in [5.74, 6) is -1.80. The number of hydrogen-bond acceptors (Lipinski definition) is 4. The van der Waals surface area contributed by atoms with E-state index in [-0.39, 0.29) is 18.8 Å². The van der Waals surface area contributed by atoms with Crippen LogP contribution >= 0.6 is 0 Å². The largest absolute Gasteiger partial charge is 0.481 e. The molecule has 0 aliphatic carbocycles. The van der Waals surface area contributed by atoms with Crippen LogP contribution in [0.2, 0.25) is 0 Å². The Labute approximate surface area is 123 Å². The summed E-state index contributed by atoms with van der Waals surface area (Å²) in [6.07, 6.45) is -3.90. The highest BCUT2D eigenvalue weighted by Crippen LogP contribution is 2.39. The molecule has 9 heteroatoms. The van der Waals surface area contributed by atoms with Crippen molar-refractivity contribution < 1.29 is 28.0 Å². The van der Waals surface area contributed by atoms with Crippen LogP contribution in [0.25, 0.3) is 0 Å². The lowest BCUT2D eigenvalue weighted by Crippen LogP contribution is -2.39. The number of halogens is 3. The first-order chi connectivity index (χ1) is 10.2. The normalized spacial score (nSPS) is 19.0. The number of aliphatic carboxylic acids is 1. The van der Waals surface area contributed by atoms with Crippen molar-refractivity contribution >= 4 is 17.3 Å². The van der Waals surface area contributed by atoms with E-state index in [2.05, 4.69) is 0 Å². The first kappa shape index (κ1) is 16.1. The highest BCUT2D eigenvalue weighted by molar-refractivity contribution is 5.72. The Morgan fingerprint density at radius 1 is 1.41 bits per heavy atom.